The van der Waals surface area contributed by atoms with Crippen molar-refractivity contribution in [1.29, 1.82) is 0 Å². The predicted octanol–water partition coefficient (Wildman–Crippen LogP) is 2.12. The zero-order valence-electron chi connectivity index (χ0n) is 9.75. The van der Waals surface area contributed by atoms with Gasteiger partial charge in [-0.25, -0.2) is 4.98 Å². The SMILES string of the molecule is CCNc1nc(C)c(C(=O)N2CCCC2)s1. The molecule has 0 aliphatic carbocycles. The Labute approximate surface area is 99.7 Å². The van der Waals surface area contributed by atoms with E-state index in [-0.39, 0.29) is 5.91 Å². The highest BCUT2D eigenvalue weighted by Gasteiger charge is 2.23. The normalized spacial score (nSPS) is 15.5. The molecule has 88 valence electrons. The number of likely N-dealkylation sites (tertiary alicyclic amines) is 1. The third-order valence-electron chi connectivity index (χ3n) is 2.71. The van der Waals surface area contributed by atoms with Gasteiger partial charge in [-0.2, -0.15) is 0 Å². The number of thiazole rings is 1. The van der Waals surface area contributed by atoms with E-state index < -0.39 is 0 Å². The van der Waals surface area contributed by atoms with Crippen LogP contribution in [0.15, 0.2) is 0 Å². The third-order valence-corrected chi connectivity index (χ3v) is 3.82. The van der Waals surface area contributed by atoms with Gasteiger partial charge >= 0.3 is 0 Å². The first-order valence-corrected chi connectivity index (χ1v) is 6.54. The van der Waals surface area contributed by atoms with E-state index in [2.05, 4.69) is 10.3 Å². The molecule has 4 nitrogen and oxygen atoms in total. The minimum Gasteiger partial charge on any atom is -0.362 e. The molecule has 0 bridgehead atoms. The minimum absolute atomic E-state index is 0.150. The van der Waals surface area contributed by atoms with Crippen LogP contribution < -0.4 is 5.32 Å². The molecule has 1 saturated heterocycles. The van der Waals surface area contributed by atoms with E-state index in [1.54, 1.807) is 0 Å². The summed E-state index contributed by atoms with van der Waals surface area (Å²) in [7, 11) is 0. The van der Waals surface area contributed by atoms with Crippen LogP contribution >= 0.6 is 11.3 Å². The average Bonchev–Trinajstić information content (AvgIpc) is 2.87. The van der Waals surface area contributed by atoms with E-state index in [1.807, 2.05) is 18.7 Å². The summed E-state index contributed by atoms with van der Waals surface area (Å²) < 4.78 is 0. The number of amides is 1. The van der Waals surface area contributed by atoms with E-state index in [1.165, 1.54) is 11.3 Å². The molecule has 1 aromatic rings. The van der Waals surface area contributed by atoms with Gasteiger partial charge in [0, 0.05) is 19.6 Å². The molecule has 1 fully saturated rings. The molecule has 1 N–H and O–H groups in total. The number of carbonyl (C=O) groups is 1. The Morgan fingerprint density at radius 1 is 1.50 bits per heavy atom. The average molecular weight is 239 g/mol. The summed E-state index contributed by atoms with van der Waals surface area (Å²) >= 11 is 1.47. The zero-order chi connectivity index (χ0) is 11.5. The van der Waals surface area contributed by atoms with Crippen molar-refractivity contribution in [2.75, 3.05) is 25.0 Å². The van der Waals surface area contributed by atoms with Gasteiger partial charge in [0.2, 0.25) is 0 Å². The van der Waals surface area contributed by atoms with E-state index in [4.69, 9.17) is 0 Å². The van der Waals surface area contributed by atoms with Gasteiger partial charge in [-0.05, 0) is 26.7 Å². The van der Waals surface area contributed by atoms with Crippen molar-refractivity contribution in [2.45, 2.75) is 26.7 Å². The number of rotatable bonds is 3. The number of anilines is 1. The Bertz CT molecular complexity index is 383. The highest BCUT2D eigenvalue weighted by Crippen LogP contribution is 2.25. The largest absolute Gasteiger partial charge is 0.362 e. The minimum atomic E-state index is 0.150. The molecular weight excluding hydrogens is 222 g/mol. The number of nitrogens with zero attached hydrogens (tertiary/aromatic N) is 2. The number of hydrogen-bond donors (Lipinski definition) is 1. The third kappa shape index (κ3) is 2.19. The lowest BCUT2D eigenvalue weighted by molar-refractivity contribution is 0.0796. The second-order valence-electron chi connectivity index (χ2n) is 3.96. The van der Waals surface area contributed by atoms with Crippen LogP contribution in [-0.4, -0.2) is 35.4 Å². The molecular formula is C11H17N3OS. The zero-order valence-corrected chi connectivity index (χ0v) is 10.6. The Morgan fingerprint density at radius 2 is 2.19 bits per heavy atom. The smallest absolute Gasteiger partial charge is 0.265 e. The molecule has 0 saturated carbocycles. The number of aryl methyl sites for hydroxylation is 1. The van der Waals surface area contributed by atoms with E-state index in [9.17, 15) is 4.79 Å². The highest BCUT2D eigenvalue weighted by molar-refractivity contribution is 7.17. The Balaban J connectivity index is 2.15. The van der Waals surface area contributed by atoms with Gasteiger partial charge in [-0.15, -0.1) is 0 Å². The second kappa shape index (κ2) is 4.82. The monoisotopic (exact) mass is 239 g/mol. The topological polar surface area (TPSA) is 45.2 Å². The van der Waals surface area contributed by atoms with Crippen molar-refractivity contribution in [3.63, 3.8) is 0 Å². The fourth-order valence-corrected chi connectivity index (χ4v) is 2.89. The van der Waals surface area contributed by atoms with Crippen molar-refractivity contribution < 1.29 is 4.79 Å². The first-order chi connectivity index (χ1) is 7.72. The molecule has 2 rings (SSSR count). The summed E-state index contributed by atoms with van der Waals surface area (Å²) in [5.74, 6) is 0.150. The first-order valence-electron chi connectivity index (χ1n) is 5.73. The maximum absolute atomic E-state index is 12.2. The summed E-state index contributed by atoms with van der Waals surface area (Å²) in [4.78, 5) is 19.2. The molecule has 2 heterocycles. The van der Waals surface area contributed by atoms with Crippen LogP contribution in [0, 0.1) is 6.92 Å². The van der Waals surface area contributed by atoms with Gasteiger partial charge in [-0.3, -0.25) is 4.79 Å². The van der Waals surface area contributed by atoms with E-state index >= 15 is 0 Å². The molecule has 16 heavy (non-hydrogen) atoms. The van der Waals surface area contributed by atoms with E-state index in [0.717, 1.165) is 48.2 Å². The van der Waals surface area contributed by atoms with Gasteiger partial charge in [0.1, 0.15) is 4.88 Å². The van der Waals surface area contributed by atoms with Gasteiger partial charge < -0.3 is 10.2 Å². The lowest BCUT2D eigenvalue weighted by Gasteiger charge is -2.13. The number of aromatic nitrogens is 1. The molecule has 1 aromatic heterocycles. The van der Waals surface area contributed by atoms with Crippen LogP contribution in [0.25, 0.3) is 0 Å². The Morgan fingerprint density at radius 3 is 2.81 bits per heavy atom. The van der Waals surface area contributed by atoms with Crippen LogP contribution in [0.3, 0.4) is 0 Å². The molecule has 1 amide bonds. The fourth-order valence-electron chi connectivity index (χ4n) is 1.89. The van der Waals surface area contributed by atoms with Gasteiger partial charge in [0.25, 0.3) is 5.91 Å². The van der Waals surface area contributed by atoms with Crippen LogP contribution in [0.4, 0.5) is 5.13 Å². The molecule has 0 unspecified atom stereocenters. The number of nitrogens with one attached hydrogen (secondary N) is 1. The summed E-state index contributed by atoms with van der Waals surface area (Å²) in [5.41, 5.74) is 0.845. The maximum Gasteiger partial charge on any atom is 0.265 e. The molecule has 0 radical (unpaired) electrons. The van der Waals surface area contributed by atoms with Crippen molar-refractivity contribution in [3.8, 4) is 0 Å². The molecule has 5 heteroatoms. The van der Waals surface area contributed by atoms with Crippen LogP contribution in [-0.2, 0) is 0 Å². The molecule has 1 aliphatic heterocycles. The van der Waals surface area contributed by atoms with Crippen molar-refractivity contribution >= 4 is 22.4 Å². The Kier molecular flexibility index (Phi) is 3.43. The molecule has 1 aliphatic rings. The summed E-state index contributed by atoms with van der Waals surface area (Å²) in [6.45, 7) is 6.56. The summed E-state index contributed by atoms with van der Waals surface area (Å²) in [6.07, 6.45) is 2.26. The fraction of sp³-hybridized carbons (Fsp3) is 0.636. The summed E-state index contributed by atoms with van der Waals surface area (Å²) in [5, 5.41) is 4.00. The lowest BCUT2D eigenvalue weighted by Crippen LogP contribution is -2.27. The Hall–Kier alpha value is -1.10. The van der Waals surface area contributed by atoms with E-state index in [0.29, 0.717) is 0 Å². The lowest BCUT2D eigenvalue weighted by atomic mass is 10.3. The first kappa shape index (κ1) is 11.4. The standard InChI is InChI=1S/C11H17N3OS/c1-3-12-11-13-8(2)9(16-11)10(15)14-6-4-5-7-14/h3-7H2,1-2H3,(H,12,13). The molecule has 0 aromatic carbocycles. The predicted molar refractivity (Wildman–Crippen MR) is 66.2 cm³/mol. The maximum atomic E-state index is 12.2. The quantitative estimate of drug-likeness (QED) is 0.878. The highest BCUT2D eigenvalue weighted by atomic mass is 32.1. The van der Waals surface area contributed by atoms with Crippen molar-refractivity contribution in [1.82, 2.24) is 9.88 Å². The van der Waals surface area contributed by atoms with Crippen LogP contribution in [0.5, 0.6) is 0 Å². The van der Waals surface area contributed by atoms with Gasteiger partial charge in [0.15, 0.2) is 5.13 Å². The van der Waals surface area contributed by atoms with Gasteiger partial charge in [0.05, 0.1) is 5.69 Å². The van der Waals surface area contributed by atoms with Crippen LogP contribution in [0.1, 0.15) is 35.1 Å². The molecule has 0 atom stereocenters. The second-order valence-corrected chi connectivity index (χ2v) is 4.96. The van der Waals surface area contributed by atoms with Crippen molar-refractivity contribution in [2.24, 2.45) is 0 Å². The molecule has 0 spiro atoms. The van der Waals surface area contributed by atoms with Crippen LogP contribution in [0.2, 0.25) is 0 Å². The van der Waals surface area contributed by atoms with Crippen molar-refractivity contribution in [3.05, 3.63) is 10.6 Å². The number of carbonyl (C=O) groups excluding carboxylic acids is 1. The number of hydrogen-bond acceptors (Lipinski definition) is 4. The van der Waals surface area contributed by atoms with Gasteiger partial charge in [-0.1, -0.05) is 11.3 Å². The summed E-state index contributed by atoms with van der Waals surface area (Å²) in [6, 6.07) is 0.